The molecular weight excluding hydrogens is 419 g/mol. The Labute approximate surface area is 183 Å². The minimum absolute atomic E-state index is 0.0122. The highest BCUT2D eigenvalue weighted by atomic mass is 32.2. The van der Waals surface area contributed by atoms with Crippen LogP contribution in [-0.4, -0.2) is 27.0 Å². The molecule has 1 fully saturated rings. The molecule has 2 N–H and O–H groups in total. The summed E-state index contributed by atoms with van der Waals surface area (Å²) in [5, 5.41) is 2.79. The van der Waals surface area contributed by atoms with E-state index in [-0.39, 0.29) is 35.3 Å². The molecule has 0 heterocycles. The first kappa shape index (κ1) is 23.2. The maximum absolute atomic E-state index is 13.0. The van der Waals surface area contributed by atoms with E-state index in [1.165, 1.54) is 18.2 Å². The number of nitrogens with one attached hydrogen (secondary N) is 2. The van der Waals surface area contributed by atoms with Gasteiger partial charge in [-0.25, -0.2) is 17.5 Å². The fourth-order valence-corrected chi connectivity index (χ4v) is 5.11. The van der Waals surface area contributed by atoms with Gasteiger partial charge in [-0.3, -0.25) is 4.79 Å². The van der Waals surface area contributed by atoms with Gasteiger partial charge in [0.25, 0.3) is 5.91 Å². The molecule has 2 aromatic rings. The summed E-state index contributed by atoms with van der Waals surface area (Å²) in [5.74, 6) is -0.214. The van der Waals surface area contributed by atoms with E-state index in [1.54, 1.807) is 38.1 Å². The molecule has 0 spiro atoms. The van der Waals surface area contributed by atoms with Gasteiger partial charge >= 0.3 is 0 Å². The number of ether oxygens (including phenoxy) is 1. The summed E-state index contributed by atoms with van der Waals surface area (Å²) in [7, 11) is -3.59. The Hall–Kier alpha value is -2.45. The van der Waals surface area contributed by atoms with Gasteiger partial charge < -0.3 is 10.1 Å². The van der Waals surface area contributed by atoms with Crippen LogP contribution < -0.4 is 14.8 Å². The van der Waals surface area contributed by atoms with Crippen molar-refractivity contribution in [1.82, 2.24) is 10.0 Å². The zero-order valence-electron chi connectivity index (χ0n) is 17.9. The first-order valence-corrected chi connectivity index (χ1v) is 12.0. The standard InChI is InChI=1S/C23H29FN2O4S/c1-16-14-21(31(28,29)26-20-6-4-3-5-7-20)12-13-22(16)30-15-23(27)25-17(2)18-8-10-19(24)11-9-18/h8-14,17,20,26H,3-7,15H2,1-2H3,(H,25,27)/t17-/m1/s1. The van der Waals surface area contributed by atoms with Gasteiger partial charge in [-0.2, -0.15) is 0 Å². The third-order valence-electron chi connectivity index (χ3n) is 5.49. The van der Waals surface area contributed by atoms with E-state index in [0.29, 0.717) is 11.3 Å². The Bertz CT molecular complexity index is 1000. The number of sulfonamides is 1. The lowest BCUT2D eigenvalue weighted by Crippen LogP contribution is -2.36. The van der Waals surface area contributed by atoms with E-state index < -0.39 is 10.0 Å². The van der Waals surface area contributed by atoms with Crippen molar-refractivity contribution in [3.8, 4) is 5.75 Å². The van der Waals surface area contributed by atoms with Gasteiger partial charge in [0, 0.05) is 6.04 Å². The number of aryl methyl sites for hydroxylation is 1. The number of benzene rings is 2. The Morgan fingerprint density at radius 3 is 2.45 bits per heavy atom. The van der Waals surface area contributed by atoms with Crippen molar-refractivity contribution >= 4 is 15.9 Å². The number of carbonyl (C=O) groups excluding carboxylic acids is 1. The number of amides is 1. The average Bonchev–Trinajstić information content (AvgIpc) is 2.73. The molecule has 8 heteroatoms. The Morgan fingerprint density at radius 2 is 1.81 bits per heavy atom. The zero-order valence-corrected chi connectivity index (χ0v) is 18.7. The molecule has 31 heavy (non-hydrogen) atoms. The smallest absolute Gasteiger partial charge is 0.258 e. The van der Waals surface area contributed by atoms with Crippen LogP contribution in [0.15, 0.2) is 47.4 Å². The predicted molar refractivity (Wildman–Crippen MR) is 117 cm³/mol. The fourth-order valence-electron chi connectivity index (χ4n) is 3.72. The van der Waals surface area contributed by atoms with Crippen LogP contribution in [0.3, 0.4) is 0 Å². The Balaban J connectivity index is 1.56. The summed E-state index contributed by atoms with van der Waals surface area (Å²) in [6.07, 6.45) is 4.97. The third kappa shape index (κ3) is 6.51. The molecule has 0 aliphatic heterocycles. The van der Waals surface area contributed by atoms with Gasteiger partial charge in [-0.1, -0.05) is 31.4 Å². The lowest BCUT2D eigenvalue weighted by atomic mass is 9.96. The maximum Gasteiger partial charge on any atom is 0.258 e. The van der Waals surface area contributed by atoms with Crippen LogP contribution in [0.1, 0.15) is 56.2 Å². The number of halogens is 1. The molecule has 3 rings (SSSR count). The van der Waals surface area contributed by atoms with Gasteiger partial charge in [-0.05, 0) is 68.1 Å². The van der Waals surface area contributed by atoms with Gasteiger partial charge in [0.15, 0.2) is 6.61 Å². The molecule has 1 amide bonds. The van der Waals surface area contributed by atoms with Crippen LogP contribution in [0.25, 0.3) is 0 Å². The summed E-state index contributed by atoms with van der Waals surface area (Å²) < 4.78 is 46.7. The highest BCUT2D eigenvalue weighted by Crippen LogP contribution is 2.24. The number of carbonyl (C=O) groups is 1. The molecule has 6 nitrogen and oxygen atoms in total. The molecule has 168 valence electrons. The van der Waals surface area contributed by atoms with E-state index >= 15 is 0 Å². The van der Waals surface area contributed by atoms with Gasteiger partial charge in [0.2, 0.25) is 10.0 Å². The van der Waals surface area contributed by atoms with Crippen LogP contribution in [0.2, 0.25) is 0 Å². The quantitative estimate of drug-likeness (QED) is 0.639. The van der Waals surface area contributed by atoms with Crippen LogP contribution in [-0.2, 0) is 14.8 Å². The number of hydrogen-bond donors (Lipinski definition) is 2. The van der Waals surface area contributed by atoms with Gasteiger partial charge in [0.05, 0.1) is 10.9 Å². The molecule has 0 bridgehead atoms. The van der Waals surface area contributed by atoms with Crippen LogP contribution in [0.4, 0.5) is 4.39 Å². The molecule has 0 aromatic heterocycles. The van der Waals surface area contributed by atoms with E-state index in [2.05, 4.69) is 10.0 Å². The Morgan fingerprint density at radius 1 is 1.13 bits per heavy atom. The highest BCUT2D eigenvalue weighted by molar-refractivity contribution is 7.89. The van der Waals surface area contributed by atoms with Gasteiger partial charge in [-0.15, -0.1) is 0 Å². The first-order valence-electron chi connectivity index (χ1n) is 10.6. The summed E-state index contributed by atoms with van der Waals surface area (Å²) in [5.41, 5.74) is 1.41. The van der Waals surface area contributed by atoms with Crippen LogP contribution in [0, 0.1) is 12.7 Å². The van der Waals surface area contributed by atoms with Crippen molar-refractivity contribution < 1.29 is 22.3 Å². The topological polar surface area (TPSA) is 84.5 Å². The second-order valence-electron chi connectivity index (χ2n) is 8.01. The number of hydrogen-bond acceptors (Lipinski definition) is 4. The molecule has 1 saturated carbocycles. The van der Waals surface area contributed by atoms with Crippen molar-refractivity contribution in [2.75, 3.05) is 6.61 Å². The SMILES string of the molecule is Cc1cc(S(=O)(=O)NC2CCCCC2)ccc1OCC(=O)N[C@H](C)c1ccc(F)cc1. The van der Waals surface area contributed by atoms with Gasteiger partial charge in [0.1, 0.15) is 11.6 Å². The van der Waals surface area contributed by atoms with Crippen molar-refractivity contribution in [2.24, 2.45) is 0 Å². The molecule has 0 saturated heterocycles. The molecule has 1 aliphatic rings. The lowest BCUT2D eigenvalue weighted by molar-refractivity contribution is -0.123. The summed E-state index contributed by atoms with van der Waals surface area (Å²) in [6.45, 7) is 3.34. The van der Waals surface area contributed by atoms with E-state index in [4.69, 9.17) is 4.74 Å². The van der Waals surface area contributed by atoms with E-state index in [0.717, 1.165) is 37.7 Å². The second-order valence-corrected chi connectivity index (χ2v) is 9.73. The highest BCUT2D eigenvalue weighted by Gasteiger charge is 2.22. The van der Waals surface area contributed by atoms with Crippen molar-refractivity contribution in [3.05, 3.63) is 59.4 Å². The van der Waals surface area contributed by atoms with Crippen LogP contribution >= 0.6 is 0 Å². The first-order chi connectivity index (χ1) is 14.7. The number of rotatable bonds is 8. The molecular formula is C23H29FN2O4S. The van der Waals surface area contributed by atoms with Crippen LogP contribution in [0.5, 0.6) is 5.75 Å². The minimum atomic E-state index is -3.59. The maximum atomic E-state index is 13.0. The molecule has 0 unspecified atom stereocenters. The van der Waals surface area contributed by atoms with E-state index in [1.807, 2.05) is 0 Å². The summed E-state index contributed by atoms with van der Waals surface area (Å²) in [4.78, 5) is 12.4. The predicted octanol–water partition coefficient (Wildman–Crippen LogP) is 4.00. The molecule has 0 radical (unpaired) electrons. The molecule has 2 aromatic carbocycles. The zero-order chi connectivity index (χ0) is 22.4. The normalized spacial score (nSPS) is 16.0. The van der Waals surface area contributed by atoms with Crippen molar-refractivity contribution in [1.29, 1.82) is 0 Å². The minimum Gasteiger partial charge on any atom is -0.484 e. The largest absolute Gasteiger partial charge is 0.484 e. The Kier molecular flexibility index (Phi) is 7.67. The molecule has 1 atom stereocenters. The van der Waals surface area contributed by atoms with E-state index in [9.17, 15) is 17.6 Å². The lowest BCUT2D eigenvalue weighted by Gasteiger charge is -2.22. The monoisotopic (exact) mass is 448 g/mol. The fraction of sp³-hybridized carbons (Fsp3) is 0.435. The summed E-state index contributed by atoms with van der Waals surface area (Å²) in [6, 6.07) is 10.2. The molecule has 1 aliphatic carbocycles. The third-order valence-corrected chi connectivity index (χ3v) is 7.01. The van der Waals surface area contributed by atoms with Crippen molar-refractivity contribution in [2.45, 2.75) is 62.9 Å². The van der Waals surface area contributed by atoms with Crippen molar-refractivity contribution in [3.63, 3.8) is 0 Å². The summed E-state index contributed by atoms with van der Waals surface area (Å²) >= 11 is 0. The average molecular weight is 449 g/mol. The second kappa shape index (κ2) is 10.2.